The van der Waals surface area contributed by atoms with Gasteiger partial charge in [-0.3, -0.25) is 9.59 Å². The van der Waals surface area contributed by atoms with Crippen molar-refractivity contribution in [3.8, 4) is 0 Å². The molecule has 2 saturated carbocycles. The van der Waals surface area contributed by atoms with Gasteiger partial charge in [-0.1, -0.05) is 19.3 Å². The van der Waals surface area contributed by atoms with Crippen LogP contribution in [0.15, 0.2) is 0 Å². The van der Waals surface area contributed by atoms with Crippen LogP contribution in [0.1, 0.15) is 65.2 Å². The molecule has 2 fully saturated rings. The van der Waals surface area contributed by atoms with Gasteiger partial charge >= 0.3 is 5.97 Å². The fourth-order valence-corrected chi connectivity index (χ4v) is 3.27. The van der Waals surface area contributed by atoms with Gasteiger partial charge in [0.05, 0.1) is 5.41 Å². The number of amides is 1. The van der Waals surface area contributed by atoms with Gasteiger partial charge in [-0.05, 0) is 45.4 Å². The monoisotopic (exact) mass is 281 g/mol. The van der Waals surface area contributed by atoms with Crippen molar-refractivity contribution in [3.05, 3.63) is 0 Å². The first-order valence-electron chi connectivity index (χ1n) is 7.97. The number of hydrogen-bond donors (Lipinski definition) is 1. The Hall–Kier alpha value is -1.06. The normalized spacial score (nSPS) is 21.8. The molecule has 0 aromatic carbocycles. The van der Waals surface area contributed by atoms with Gasteiger partial charge < -0.3 is 10.0 Å². The van der Waals surface area contributed by atoms with Gasteiger partial charge in [0.2, 0.25) is 5.91 Å². The third-order valence-electron chi connectivity index (χ3n) is 4.85. The van der Waals surface area contributed by atoms with Crippen molar-refractivity contribution in [1.29, 1.82) is 0 Å². The summed E-state index contributed by atoms with van der Waals surface area (Å²) in [4.78, 5) is 26.2. The lowest BCUT2D eigenvalue weighted by molar-refractivity contribution is -0.156. The minimum Gasteiger partial charge on any atom is -0.481 e. The Bertz CT molecular complexity index is 368. The fourth-order valence-electron chi connectivity index (χ4n) is 3.27. The number of carbonyl (C=O) groups excluding carboxylic acids is 1. The summed E-state index contributed by atoms with van der Waals surface area (Å²) in [6.45, 7) is 4.86. The first kappa shape index (κ1) is 15.3. The number of nitrogens with zero attached hydrogens (tertiary/aromatic N) is 1. The fraction of sp³-hybridized carbons (Fsp3) is 0.875. The Morgan fingerprint density at radius 2 is 1.80 bits per heavy atom. The van der Waals surface area contributed by atoms with Crippen LogP contribution in [0.25, 0.3) is 0 Å². The van der Waals surface area contributed by atoms with Crippen LogP contribution in [-0.4, -0.2) is 34.5 Å². The van der Waals surface area contributed by atoms with Gasteiger partial charge in [0, 0.05) is 19.0 Å². The third-order valence-corrected chi connectivity index (χ3v) is 4.85. The molecule has 1 amide bonds. The number of rotatable bonds is 6. The van der Waals surface area contributed by atoms with Crippen molar-refractivity contribution < 1.29 is 14.7 Å². The number of carbonyl (C=O) groups is 2. The first-order chi connectivity index (χ1) is 9.44. The van der Waals surface area contributed by atoms with Gasteiger partial charge in [0.15, 0.2) is 0 Å². The highest BCUT2D eigenvalue weighted by Gasteiger charge is 2.43. The molecule has 0 spiro atoms. The van der Waals surface area contributed by atoms with Crippen molar-refractivity contribution in [1.82, 2.24) is 4.90 Å². The summed E-state index contributed by atoms with van der Waals surface area (Å²) < 4.78 is 0. The summed E-state index contributed by atoms with van der Waals surface area (Å²) in [6.07, 6.45) is 6.88. The smallest absolute Gasteiger partial charge is 0.310 e. The molecule has 0 unspecified atom stereocenters. The molecule has 0 atom stereocenters. The van der Waals surface area contributed by atoms with Crippen LogP contribution < -0.4 is 0 Å². The minimum absolute atomic E-state index is 0.0381. The molecule has 0 aromatic heterocycles. The van der Waals surface area contributed by atoms with Gasteiger partial charge in [-0.25, -0.2) is 0 Å². The molecule has 114 valence electrons. The lowest BCUT2D eigenvalue weighted by Crippen LogP contribution is -2.44. The molecule has 0 bridgehead atoms. The molecule has 0 aromatic rings. The zero-order valence-electron chi connectivity index (χ0n) is 12.7. The zero-order valence-corrected chi connectivity index (χ0v) is 12.7. The highest BCUT2D eigenvalue weighted by molar-refractivity contribution is 5.85. The van der Waals surface area contributed by atoms with Crippen LogP contribution in [0.5, 0.6) is 0 Å². The van der Waals surface area contributed by atoms with Gasteiger partial charge in [0.1, 0.15) is 0 Å². The molecular weight excluding hydrogens is 254 g/mol. The highest BCUT2D eigenvalue weighted by atomic mass is 16.4. The molecule has 1 N–H and O–H groups in total. The summed E-state index contributed by atoms with van der Waals surface area (Å²) in [5.41, 5.74) is -0.800. The maximum absolute atomic E-state index is 12.6. The summed E-state index contributed by atoms with van der Waals surface area (Å²) in [5.74, 6) is -0.0923. The van der Waals surface area contributed by atoms with Crippen LogP contribution in [0.4, 0.5) is 0 Å². The topological polar surface area (TPSA) is 57.6 Å². The molecule has 4 heteroatoms. The Morgan fingerprint density at radius 1 is 1.20 bits per heavy atom. The Morgan fingerprint density at radius 3 is 2.25 bits per heavy atom. The molecule has 2 aliphatic carbocycles. The first-order valence-corrected chi connectivity index (χ1v) is 7.97. The second-order valence-corrected chi connectivity index (χ2v) is 6.91. The largest absolute Gasteiger partial charge is 0.481 e. The minimum atomic E-state index is -0.800. The van der Waals surface area contributed by atoms with E-state index in [-0.39, 0.29) is 18.4 Å². The standard InChI is InChI=1S/C16H27NO3/c1-12(2)17(11-13-6-7-13)14(18)10-16(15(19)20)8-4-3-5-9-16/h12-13H,3-11H2,1-2H3,(H,19,20). The second-order valence-electron chi connectivity index (χ2n) is 6.91. The van der Waals surface area contributed by atoms with E-state index in [2.05, 4.69) is 0 Å². The molecule has 0 radical (unpaired) electrons. The van der Waals surface area contributed by atoms with Crippen molar-refractivity contribution in [2.45, 2.75) is 71.3 Å². The number of hydrogen-bond acceptors (Lipinski definition) is 2. The van der Waals surface area contributed by atoms with E-state index in [1.807, 2.05) is 18.7 Å². The van der Waals surface area contributed by atoms with E-state index in [0.717, 1.165) is 25.8 Å². The quantitative estimate of drug-likeness (QED) is 0.814. The average Bonchev–Trinajstić information content (AvgIpc) is 3.20. The van der Waals surface area contributed by atoms with Crippen molar-refractivity contribution in [2.24, 2.45) is 11.3 Å². The van der Waals surface area contributed by atoms with E-state index in [9.17, 15) is 14.7 Å². The second kappa shape index (κ2) is 6.15. The number of carboxylic acids is 1. The van der Waals surface area contributed by atoms with Crippen LogP contribution in [0.3, 0.4) is 0 Å². The molecule has 20 heavy (non-hydrogen) atoms. The summed E-state index contributed by atoms with van der Waals surface area (Å²) in [6, 6.07) is 0.164. The van der Waals surface area contributed by atoms with Crippen LogP contribution in [-0.2, 0) is 9.59 Å². The van der Waals surface area contributed by atoms with E-state index in [1.54, 1.807) is 0 Å². The lowest BCUT2D eigenvalue weighted by atomic mass is 9.71. The summed E-state index contributed by atoms with van der Waals surface area (Å²) in [5, 5.41) is 9.58. The Labute approximate surface area is 121 Å². The average molecular weight is 281 g/mol. The van der Waals surface area contributed by atoms with Gasteiger partial charge in [-0.15, -0.1) is 0 Å². The Kier molecular flexibility index (Phi) is 4.71. The van der Waals surface area contributed by atoms with Crippen LogP contribution in [0, 0.1) is 11.3 Å². The van der Waals surface area contributed by atoms with Crippen LogP contribution in [0.2, 0.25) is 0 Å². The van der Waals surface area contributed by atoms with Crippen molar-refractivity contribution in [2.75, 3.05) is 6.54 Å². The zero-order chi connectivity index (χ0) is 14.8. The lowest BCUT2D eigenvalue weighted by Gasteiger charge is -2.36. The molecule has 0 heterocycles. The molecule has 2 rings (SSSR count). The molecule has 0 aliphatic heterocycles. The number of aliphatic carboxylic acids is 1. The van der Waals surface area contributed by atoms with Crippen LogP contribution >= 0.6 is 0 Å². The van der Waals surface area contributed by atoms with E-state index in [1.165, 1.54) is 12.8 Å². The molecular formula is C16H27NO3. The molecule has 2 aliphatic rings. The SMILES string of the molecule is CC(C)N(CC1CC1)C(=O)CC1(C(=O)O)CCCCC1. The van der Waals surface area contributed by atoms with E-state index in [0.29, 0.717) is 18.8 Å². The Balaban J connectivity index is 2.03. The van der Waals surface area contributed by atoms with Gasteiger partial charge in [0.25, 0.3) is 0 Å². The third kappa shape index (κ3) is 3.53. The van der Waals surface area contributed by atoms with Crippen molar-refractivity contribution >= 4 is 11.9 Å². The molecule has 4 nitrogen and oxygen atoms in total. The maximum Gasteiger partial charge on any atom is 0.310 e. The summed E-state index contributed by atoms with van der Waals surface area (Å²) >= 11 is 0. The van der Waals surface area contributed by atoms with E-state index in [4.69, 9.17) is 0 Å². The molecule has 0 saturated heterocycles. The van der Waals surface area contributed by atoms with E-state index >= 15 is 0 Å². The number of carboxylic acid groups (broad SMARTS) is 1. The van der Waals surface area contributed by atoms with Crippen molar-refractivity contribution in [3.63, 3.8) is 0 Å². The maximum atomic E-state index is 12.6. The predicted molar refractivity (Wildman–Crippen MR) is 77.3 cm³/mol. The predicted octanol–water partition coefficient (Wildman–Crippen LogP) is 3.06. The summed E-state index contributed by atoms with van der Waals surface area (Å²) in [7, 11) is 0. The highest BCUT2D eigenvalue weighted by Crippen LogP contribution is 2.40. The van der Waals surface area contributed by atoms with Gasteiger partial charge in [-0.2, -0.15) is 0 Å². The van der Waals surface area contributed by atoms with E-state index < -0.39 is 11.4 Å².